The number of halogens is 3. The maximum absolute atomic E-state index is 12.0. The molecule has 0 bridgehead atoms. The molecule has 0 aromatic carbocycles. The van der Waals surface area contributed by atoms with Crippen LogP contribution in [-0.2, 0) is 0 Å². The van der Waals surface area contributed by atoms with E-state index < -0.39 is 18.5 Å². The molecule has 74 valence electrons. The van der Waals surface area contributed by atoms with Gasteiger partial charge in [-0.3, -0.25) is 0 Å². The summed E-state index contributed by atoms with van der Waals surface area (Å²) in [7, 11) is 0. The first-order valence-corrected chi connectivity index (χ1v) is 4.76. The lowest BCUT2D eigenvalue weighted by molar-refractivity contribution is -0.138. The molecule has 0 unspecified atom stereocenters. The highest BCUT2D eigenvalue weighted by Gasteiger charge is 2.31. The molecule has 0 fully saturated rings. The predicted octanol–water partition coefficient (Wildman–Crippen LogP) is 2.74. The van der Waals surface area contributed by atoms with Crippen molar-refractivity contribution >= 4 is 11.3 Å². The van der Waals surface area contributed by atoms with E-state index in [1.165, 1.54) is 11.3 Å². The van der Waals surface area contributed by atoms with E-state index in [0.717, 1.165) is 0 Å². The SMILES string of the molecule is NC[C@H](CC(F)(F)F)c1ccsc1. The van der Waals surface area contributed by atoms with Crippen molar-refractivity contribution in [1.29, 1.82) is 0 Å². The van der Waals surface area contributed by atoms with E-state index in [-0.39, 0.29) is 6.54 Å². The molecule has 1 atom stereocenters. The van der Waals surface area contributed by atoms with Gasteiger partial charge < -0.3 is 5.73 Å². The normalized spacial score (nSPS) is 14.5. The Balaban J connectivity index is 2.64. The van der Waals surface area contributed by atoms with E-state index in [1.54, 1.807) is 16.8 Å². The first-order chi connectivity index (χ1) is 6.03. The van der Waals surface area contributed by atoms with Crippen LogP contribution in [-0.4, -0.2) is 12.7 Å². The summed E-state index contributed by atoms with van der Waals surface area (Å²) >= 11 is 1.39. The van der Waals surface area contributed by atoms with Gasteiger partial charge in [-0.2, -0.15) is 24.5 Å². The van der Waals surface area contributed by atoms with Gasteiger partial charge in [0.25, 0.3) is 0 Å². The number of alkyl halides is 3. The lowest BCUT2D eigenvalue weighted by Crippen LogP contribution is -2.20. The minimum Gasteiger partial charge on any atom is -0.330 e. The van der Waals surface area contributed by atoms with Crippen LogP contribution in [0, 0.1) is 0 Å². The van der Waals surface area contributed by atoms with Crippen LogP contribution in [0.25, 0.3) is 0 Å². The van der Waals surface area contributed by atoms with Crippen molar-refractivity contribution in [3.63, 3.8) is 0 Å². The van der Waals surface area contributed by atoms with Crippen LogP contribution in [0.4, 0.5) is 13.2 Å². The number of thiophene rings is 1. The predicted molar refractivity (Wildman–Crippen MR) is 46.8 cm³/mol. The minimum atomic E-state index is -4.13. The maximum Gasteiger partial charge on any atom is 0.389 e. The molecule has 5 heteroatoms. The third-order valence-electron chi connectivity index (χ3n) is 1.78. The van der Waals surface area contributed by atoms with Gasteiger partial charge in [-0.1, -0.05) is 0 Å². The highest BCUT2D eigenvalue weighted by molar-refractivity contribution is 7.07. The second kappa shape index (κ2) is 4.11. The van der Waals surface area contributed by atoms with E-state index in [2.05, 4.69) is 0 Å². The van der Waals surface area contributed by atoms with Crippen molar-refractivity contribution in [1.82, 2.24) is 0 Å². The molecule has 0 spiro atoms. The Morgan fingerprint density at radius 1 is 1.46 bits per heavy atom. The maximum atomic E-state index is 12.0. The Labute approximate surface area is 78.4 Å². The Morgan fingerprint density at radius 2 is 2.15 bits per heavy atom. The lowest BCUT2D eigenvalue weighted by atomic mass is 9.99. The van der Waals surface area contributed by atoms with Crippen molar-refractivity contribution in [3.8, 4) is 0 Å². The van der Waals surface area contributed by atoms with Gasteiger partial charge in [0.2, 0.25) is 0 Å². The third kappa shape index (κ3) is 3.36. The summed E-state index contributed by atoms with van der Waals surface area (Å²) in [6, 6.07) is 1.69. The van der Waals surface area contributed by atoms with Crippen molar-refractivity contribution in [2.24, 2.45) is 5.73 Å². The van der Waals surface area contributed by atoms with Crippen LogP contribution < -0.4 is 5.73 Å². The second-order valence-electron chi connectivity index (χ2n) is 2.81. The first kappa shape index (κ1) is 10.5. The van der Waals surface area contributed by atoms with Gasteiger partial charge in [-0.05, 0) is 28.9 Å². The fraction of sp³-hybridized carbons (Fsp3) is 0.500. The van der Waals surface area contributed by atoms with Crippen LogP contribution in [0.15, 0.2) is 16.8 Å². The average molecular weight is 209 g/mol. The van der Waals surface area contributed by atoms with Crippen LogP contribution >= 0.6 is 11.3 Å². The summed E-state index contributed by atoms with van der Waals surface area (Å²) in [4.78, 5) is 0. The number of nitrogens with two attached hydrogens (primary N) is 1. The Morgan fingerprint density at radius 3 is 2.54 bits per heavy atom. The van der Waals surface area contributed by atoms with Crippen LogP contribution in [0.5, 0.6) is 0 Å². The summed E-state index contributed by atoms with van der Waals surface area (Å²) < 4.78 is 36.1. The Kier molecular flexibility index (Phi) is 3.33. The van der Waals surface area contributed by atoms with E-state index in [1.807, 2.05) is 0 Å². The van der Waals surface area contributed by atoms with E-state index in [0.29, 0.717) is 5.56 Å². The van der Waals surface area contributed by atoms with Gasteiger partial charge in [0.15, 0.2) is 0 Å². The highest BCUT2D eigenvalue weighted by atomic mass is 32.1. The standard InChI is InChI=1S/C8H10F3NS/c9-8(10,11)3-7(4-12)6-1-2-13-5-6/h1-2,5,7H,3-4,12H2/t7-/m0/s1. The van der Waals surface area contributed by atoms with Gasteiger partial charge in [0, 0.05) is 5.92 Å². The van der Waals surface area contributed by atoms with E-state index in [4.69, 9.17) is 5.73 Å². The van der Waals surface area contributed by atoms with Crippen LogP contribution in [0.2, 0.25) is 0 Å². The molecule has 0 aliphatic rings. The summed E-state index contributed by atoms with van der Waals surface area (Å²) in [5, 5.41) is 3.47. The zero-order chi connectivity index (χ0) is 9.90. The zero-order valence-electron chi connectivity index (χ0n) is 6.84. The number of rotatable bonds is 3. The summed E-state index contributed by atoms with van der Waals surface area (Å²) in [6.07, 6.45) is -4.97. The third-order valence-corrected chi connectivity index (χ3v) is 2.48. The summed E-state index contributed by atoms with van der Waals surface area (Å²) in [5.41, 5.74) is 5.96. The van der Waals surface area contributed by atoms with Crippen molar-refractivity contribution in [2.45, 2.75) is 18.5 Å². The van der Waals surface area contributed by atoms with Crippen LogP contribution in [0.3, 0.4) is 0 Å². The molecule has 1 heterocycles. The molecule has 1 aromatic heterocycles. The molecule has 0 aliphatic heterocycles. The molecule has 0 saturated carbocycles. The highest BCUT2D eigenvalue weighted by Crippen LogP contribution is 2.31. The molecule has 1 aromatic rings. The molecule has 1 rings (SSSR count). The molecule has 13 heavy (non-hydrogen) atoms. The smallest absolute Gasteiger partial charge is 0.330 e. The van der Waals surface area contributed by atoms with Gasteiger partial charge in [0.1, 0.15) is 0 Å². The average Bonchev–Trinajstić information content (AvgIpc) is 2.50. The van der Waals surface area contributed by atoms with Gasteiger partial charge >= 0.3 is 6.18 Å². The molecular formula is C8H10F3NS. The molecule has 1 nitrogen and oxygen atoms in total. The topological polar surface area (TPSA) is 26.0 Å². The van der Waals surface area contributed by atoms with Gasteiger partial charge in [0.05, 0.1) is 6.42 Å². The Bertz CT molecular complexity index is 242. The quantitative estimate of drug-likeness (QED) is 0.813. The number of hydrogen-bond acceptors (Lipinski definition) is 2. The van der Waals surface area contributed by atoms with Gasteiger partial charge in [-0.25, -0.2) is 0 Å². The lowest BCUT2D eigenvalue weighted by Gasteiger charge is -2.15. The minimum absolute atomic E-state index is 0.0379. The molecule has 0 amide bonds. The van der Waals surface area contributed by atoms with E-state index >= 15 is 0 Å². The summed E-state index contributed by atoms with van der Waals surface area (Å²) in [5.74, 6) is -0.591. The fourth-order valence-corrected chi connectivity index (χ4v) is 1.87. The molecule has 2 N–H and O–H groups in total. The Hall–Kier alpha value is -0.550. The van der Waals surface area contributed by atoms with Gasteiger partial charge in [-0.15, -0.1) is 0 Å². The number of hydrogen-bond donors (Lipinski definition) is 1. The molecule has 0 saturated heterocycles. The van der Waals surface area contributed by atoms with E-state index in [9.17, 15) is 13.2 Å². The van der Waals surface area contributed by atoms with Crippen molar-refractivity contribution in [3.05, 3.63) is 22.4 Å². The van der Waals surface area contributed by atoms with Crippen LogP contribution in [0.1, 0.15) is 17.9 Å². The zero-order valence-corrected chi connectivity index (χ0v) is 7.66. The molecular weight excluding hydrogens is 199 g/mol. The van der Waals surface area contributed by atoms with Crippen molar-refractivity contribution in [2.75, 3.05) is 6.54 Å². The fourth-order valence-electron chi connectivity index (χ4n) is 1.12. The summed E-state index contributed by atoms with van der Waals surface area (Å²) in [6.45, 7) is 0.0379. The van der Waals surface area contributed by atoms with Crippen molar-refractivity contribution < 1.29 is 13.2 Å². The monoisotopic (exact) mass is 209 g/mol. The second-order valence-corrected chi connectivity index (χ2v) is 3.59. The molecule has 0 aliphatic carbocycles. The largest absolute Gasteiger partial charge is 0.389 e. The molecule has 0 radical (unpaired) electrons. The first-order valence-electron chi connectivity index (χ1n) is 3.82.